The summed E-state index contributed by atoms with van der Waals surface area (Å²) in [6, 6.07) is -0.902. The van der Waals surface area contributed by atoms with Crippen molar-refractivity contribution in [3.8, 4) is 0 Å². The predicted molar refractivity (Wildman–Crippen MR) is 60.8 cm³/mol. The van der Waals surface area contributed by atoms with Crippen LogP contribution < -0.4 is 0 Å². The molecule has 1 aliphatic heterocycles. The molecule has 0 aromatic rings. The minimum Gasteiger partial charge on any atom is -0.594 e. The Kier molecular flexibility index (Phi) is 4.06. The van der Waals surface area contributed by atoms with Crippen LogP contribution in [-0.4, -0.2) is 59.5 Å². The van der Waals surface area contributed by atoms with Crippen molar-refractivity contribution < 1.29 is 24.1 Å². The average molecular weight is 276 g/mol. The molecule has 108 valence electrons. The van der Waals surface area contributed by atoms with Crippen LogP contribution >= 0.6 is 0 Å². The molecule has 0 unspecified atom stereocenters. The molecule has 19 heavy (non-hydrogen) atoms. The molecule has 1 aliphatic rings. The minimum absolute atomic E-state index is 0.259. The molecule has 0 radical (unpaired) electrons. The van der Waals surface area contributed by atoms with Gasteiger partial charge in [-0.15, -0.1) is 0 Å². The van der Waals surface area contributed by atoms with Gasteiger partial charge in [-0.05, 0) is 18.7 Å². The Labute approximate surface area is 109 Å². The number of nitro groups is 1. The van der Waals surface area contributed by atoms with Gasteiger partial charge in [-0.1, -0.05) is 0 Å². The molecule has 1 rings (SSSR count). The number of urea groups is 1. The molecule has 1 saturated heterocycles. The quantitative estimate of drug-likeness (QED) is 0.236. The summed E-state index contributed by atoms with van der Waals surface area (Å²) in [5.41, 5.74) is -2.25. The number of carbonyl (C=O) groups excluding carboxylic acids is 1. The highest BCUT2D eigenvalue weighted by molar-refractivity contribution is 5.73. The van der Waals surface area contributed by atoms with E-state index in [1.807, 2.05) is 0 Å². The molecule has 0 atom stereocenters. The zero-order valence-corrected chi connectivity index (χ0v) is 11.2. The second-order valence-corrected chi connectivity index (χ2v) is 4.77. The Bertz CT molecular complexity index is 409. The van der Waals surface area contributed by atoms with Crippen molar-refractivity contribution in [1.29, 1.82) is 0 Å². The summed E-state index contributed by atoms with van der Waals surface area (Å²) in [6.45, 7) is 2.07. The van der Waals surface area contributed by atoms with Crippen LogP contribution in [0.5, 0.6) is 0 Å². The van der Waals surface area contributed by atoms with Crippen LogP contribution in [0.3, 0.4) is 0 Å². The minimum atomic E-state index is -2.25. The van der Waals surface area contributed by atoms with Crippen molar-refractivity contribution in [3.05, 3.63) is 15.3 Å². The zero-order chi connectivity index (χ0) is 14.8. The number of azo groups is 1. The fraction of sp³-hybridized carbons (Fsp3) is 0.889. The van der Waals surface area contributed by atoms with Crippen LogP contribution in [0.2, 0.25) is 0 Å². The van der Waals surface area contributed by atoms with Gasteiger partial charge in [0, 0.05) is 14.1 Å². The van der Waals surface area contributed by atoms with Gasteiger partial charge in [0.15, 0.2) is 19.0 Å². The molecule has 10 heteroatoms. The molecule has 0 spiro atoms. The van der Waals surface area contributed by atoms with Crippen LogP contribution in [0.15, 0.2) is 5.11 Å². The molecular weight excluding hydrogens is 260 g/mol. The molecule has 0 aliphatic carbocycles. The first-order valence-corrected chi connectivity index (χ1v) is 5.43. The lowest BCUT2D eigenvalue weighted by Gasteiger charge is -2.34. The van der Waals surface area contributed by atoms with Crippen LogP contribution in [0.25, 0.3) is 0 Å². The Balaban J connectivity index is 3.02. The van der Waals surface area contributed by atoms with Crippen LogP contribution in [0.4, 0.5) is 4.79 Å². The molecule has 0 saturated carbocycles. The Morgan fingerprint density at radius 3 is 2.11 bits per heavy atom. The highest BCUT2D eigenvalue weighted by atomic mass is 16.7. The van der Waals surface area contributed by atoms with Gasteiger partial charge in [-0.25, -0.2) is 4.79 Å². The first-order chi connectivity index (χ1) is 8.61. The first kappa shape index (κ1) is 15.2. The Morgan fingerprint density at radius 2 is 1.74 bits per heavy atom. The number of nitrogens with zero attached hydrogens (tertiary/aromatic N) is 4. The van der Waals surface area contributed by atoms with Crippen molar-refractivity contribution in [1.82, 2.24) is 4.90 Å². The summed E-state index contributed by atoms with van der Waals surface area (Å²) < 4.78 is 10.2. The number of rotatable bonds is 2. The number of hydrogen-bond acceptors (Lipinski definition) is 6. The maximum Gasteiger partial charge on any atom is 0.484 e. The van der Waals surface area contributed by atoms with Gasteiger partial charge >= 0.3 is 11.7 Å². The average Bonchev–Trinajstić information content (AvgIpc) is 2.28. The highest BCUT2D eigenvalue weighted by Crippen LogP contribution is 2.26. The van der Waals surface area contributed by atoms with Gasteiger partial charge in [-0.2, -0.15) is 0 Å². The summed E-state index contributed by atoms with van der Waals surface area (Å²) in [4.78, 5) is 22.3. The molecule has 0 bridgehead atoms. The fourth-order valence-corrected chi connectivity index (χ4v) is 1.21. The van der Waals surface area contributed by atoms with Crippen LogP contribution in [0, 0.1) is 15.3 Å². The summed E-state index contributed by atoms with van der Waals surface area (Å²) in [6.07, 6.45) is 0. The van der Waals surface area contributed by atoms with E-state index in [1.54, 1.807) is 13.8 Å². The van der Waals surface area contributed by atoms with Crippen LogP contribution in [0.1, 0.15) is 13.8 Å². The molecule has 1 heterocycles. The van der Waals surface area contributed by atoms with E-state index in [2.05, 4.69) is 5.11 Å². The van der Waals surface area contributed by atoms with Gasteiger partial charge in [0.05, 0.1) is 5.11 Å². The fourth-order valence-electron chi connectivity index (χ4n) is 1.21. The lowest BCUT2D eigenvalue weighted by Crippen LogP contribution is -2.60. The van der Waals surface area contributed by atoms with E-state index < -0.39 is 35.6 Å². The molecular formula is C9H16N4O6. The molecule has 0 N–H and O–H groups in total. The van der Waals surface area contributed by atoms with E-state index >= 15 is 0 Å². The summed E-state index contributed by atoms with van der Waals surface area (Å²) >= 11 is 0. The number of ether oxygens (including phenoxy) is 2. The lowest BCUT2D eigenvalue weighted by molar-refractivity contribution is -0.825. The van der Waals surface area contributed by atoms with Crippen molar-refractivity contribution in [2.24, 2.45) is 5.11 Å². The van der Waals surface area contributed by atoms with Gasteiger partial charge < -0.3 is 19.6 Å². The maximum atomic E-state index is 11.8. The predicted octanol–water partition coefficient (Wildman–Crippen LogP) is 0.386. The summed E-state index contributed by atoms with van der Waals surface area (Å²) in [5.74, 6) is -1.02. The third-order valence-electron chi connectivity index (χ3n) is 2.56. The van der Waals surface area contributed by atoms with Crippen molar-refractivity contribution >= 4 is 6.03 Å². The monoisotopic (exact) mass is 276 g/mol. The van der Waals surface area contributed by atoms with Gasteiger partial charge in [0.1, 0.15) is 4.92 Å². The molecule has 0 aromatic carbocycles. The zero-order valence-electron chi connectivity index (χ0n) is 11.2. The van der Waals surface area contributed by atoms with E-state index in [0.717, 1.165) is 4.90 Å². The standard InChI is InChI=1S/C9H16N4O6/c1-8(2)18-5-9(6-19-8,13(16)17)12(15)10-7(14)11(3)4/h5-6H2,1-4H3/b12-10-. The van der Waals surface area contributed by atoms with Gasteiger partial charge in [0.25, 0.3) is 0 Å². The van der Waals surface area contributed by atoms with Gasteiger partial charge in [-0.3, -0.25) is 10.1 Å². The summed E-state index contributed by atoms with van der Waals surface area (Å²) in [5, 5.41) is 26.0. The number of amides is 2. The van der Waals surface area contributed by atoms with E-state index in [4.69, 9.17) is 9.47 Å². The van der Waals surface area contributed by atoms with Crippen molar-refractivity contribution in [3.63, 3.8) is 0 Å². The number of hydroxylamine groups is 1. The third-order valence-corrected chi connectivity index (χ3v) is 2.56. The number of hydrogen-bond donors (Lipinski definition) is 0. The molecule has 10 nitrogen and oxygen atoms in total. The van der Waals surface area contributed by atoms with Crippen molar-refractivity contribution in [2.75, 3.05) is 27.3 Å². The van der Waals surface area contributed by atoms with E-state index in [1.165, 1.54) is 14.1 Å². The van der Waals surface area contributed by atoms with E-state index in [9.17, 15) is 20.1 Å². The van der Waals surface area contributed by atoms with Gasteiger partial charge in [0.2, 0.25) is 0 Å². The Morgan fingerprint density at radius 1 is 1.26 bits per heavy atom. The molecule has 1 fully saturated rings. The van der Waals surface area contributed by atoms with E-state index in [0.29, 0.717) is 0 Å². The normalized spacial score (nSPS) is 21.8. The largest absolute Gasteiger partial charge is 0.594 e. The number of carbonyl (C=O) groups is 1. The summed E-state index contributed by atoms with van der Waals surface area (Å²) in [7, 11) is 2.74. The first-order valence-electron chi connectivity index (χ1n) is 5.43. The second kappa shape index (κ2) is 5.05. The SMILES string of the molecule is CN(C)C(=O)/N=[N+](\[O-])C1([N+](=O)[O-])COC(C)(C)OC1. The maximum absolute atomic E-state index is 11.8. The third kappa shape index (κ3) is 3.15. The second-order valence-electron chi connectivity index (χ2n) is 4.77. The molecule has 0 aromatic heterocycles. The van der Waals surface area contributed by atoms with Crippen LogP contribution in [-0.2, 0) is 9.47 Å². The Hall–Kier alpha value is -1.81. The smallest absolute Gasteiger partial charge is 0.484 e. The highest BCUT2D eigenvalue weighted by Gasteiger charge is 2.60. The van der Waals surface area contributed by atoms with Crippen molar-refractivity contribution in [2.45, 2.75) is 25.3 Å². The topological polar surface area (TPSA) is 120 Å². The lowest BCUT2D eigenvalue weighted by atomic mass is 10.2. The molecule has 2 amide bonds. The van der Waals surface area contributed by atoms with E-state index in [-0.39, 0.29) is 4.86 Å².